The van der Waals surface area contributed by atoms with Crippen molar-refractivity contribution >= 4 is 29.1 Å². The van der Waals surface area contributed by atoms with E-state index in [1.807, 2.05) is 0 Å². The number of nitriles is 1. The minimum Gasteiger partial charge on any atom is -0.482 e. The van der Waals surface area contributed by atoms with E-state index in [-0.39, 0.29) is 6.61 Å². The van der Waals surface area contributed by atoms with Crippen molar-refractivity contribution in [3.05, 3.63) is 39.8 Å². The van der Waals surface area contributed by atoms with Gasteiger partial charge in [-0.15, -0.1) is 0 Å². The number of piperidine rings is 1. The topological polar surface area (TPSA) is 62.3 Å². The van der Waals surface area contributed by atoms with Gasteiger partial charge in [0.25, 0.3) is 0 Å². The monoisotopic (exact) mass is 379 g/mol. The van der Waals surface area contributed by atoms with E-state index in [4.69, 9.17) is 32.4 Å². The molecule has 0 N–H and O–H groups in total. The first-order valence-electron chi connectivity index (χ1n) is 8.19. The number of ether oxygens (including phenoxy) is 1. The van der Waals surface area contributed by atoms with Crippen LogP contribution in [0.1, 0.15) is 31.9 Å². The molecule has 2 aromatic rings. The molecule has 25 heavy (non-hydrogen) atoms. The second kappa shape index (κ2) is 7.55. The van der Waals surface area contributed by atoms with Crippen molar-refractivity contribution in [1.82, 2.24) is 4.98 Å². The van der Waals surface area contributed by atoms with Gasteiger partial charge < -0.3 is 14.1 Å². The highest BCUT2D eigenvalue weighted by Crippen LogP contribution is 2.31. The molecule has 132 valence electrons. The maximum Gasteiger partial charge on any atom is 0.236 e. The molecule has 1 aliphatic heterocycles. The first-order chi connectivity index (χ1) is 12.0. The predicted octanol–water partition coefficient (Wildman–Crippen LogP) is 4.91. The van der Waals surface area contributed by atoms with Gasteiger partial charge in [0.1, 0.15) is 11.8 Å². The molecular formula is C18H19Cl2N3O2. The molecule has 0 radical (unpaired) electrons. The fourth-order valence-electron chi connectivity index (χ4n) is 3.26. The van der Waals surface area contributed by atoms with Crippen LogP contribution in [0.25, 0.3) is 0 Å². The fraction of sp³-hybridized carbons (Fsp3) is 0.444. The molecule has 2 unspecified atom stereocenters. The van der Waals surface area contributed by atoms with Gasteiger partial charge in [0, 0.05) is 18.1 Å². The van der Waals surface area contributed by atoms with Crippen molar-refractivity contribution in [3.63, 3.8) is 0 Å². The molecule has 0 aliphatic carbocycles. The molecule has 0 amide bonds. The lowest BCUT2D eigenvalue weighted by Gasteiger charge is -2.34. The first kappa shape index (κ1) is 17.9. The number of oxazole rings is 1. The third kappa shape index (κ3) is 4.20. The van der Waals surface area contributed by atoms with Crippen molar-refractivity contribution in [2.24, 2.45) is 11.8 Å². The van der Waals surface area contributed by atoms with E-state index >= 15 is 0 Å². The number of rotatable bonds is 4. The van der Waals surface area contributed by atoms with E-state index in [0.717, 1.165) is 13.1 Å². The van der Waals surface area contributed by atoms with Crippen molar-refractivity contribution in [2.75, 3.05) is 18.0 Å². The molecule has 2 heterocycles. The maximum absolute atomic E-state index is 9.38. The van der Waals surface area contributed by atoms with E-state index in [1.165, 1.54) is 6.42 Å². The number of hydrogen-bond donors (Lipinski definition) is 0. The zero-order valence-electron chi connectivity index (χ0n) is 14.1. The summed E-state index contributed by atoms with van der Waals surface area (Å²) < 4.78 is 11.5. The quantitative estimate of drug-likeness (QED) is 0.754. The highest BCUT2D eigenvalue weighted by molar-refractivity contribution is 6.35. The predicted molar refractivity (Wildman–Crippen MR) is 97.2 cm³/mol. The molecule has 1 aromatic heterocycles. The number of nitrogens with zero attached hydrogens (tertiary/aromatic N) is 3. The van der Waals surface area contributed by atoms with E-state index < -0.39 is 0 Å². The summed E-state index contributed by atoms with van der Waals surface area (Å²) in [7, 11) is 0. The molecule has 1 fully saturated rings. The molecule has 5 nitrogen and oxygen atoms in total. The minimum atomic E-state index is 0.0922. The number of anilines is 1. The van der Waals surface area contributed by atoms with Crippen LogP contribution in [0.4, 0.5) is 5.88 Å². The Balaban J connectivity index is 1.75. The van der Waals surface area contributed by atoms with E-state index in [9.17, 15) is 5.26 Å². The molecule has 2 atom stereocenters. The van der Waals surface area contributed by atoms with E-state index in [1.54, 1.807) is 18.2 Å². The van der Waals surface area contributed by atoms with Gasteiger partial charge in [-0.2, -0.15) is 10.2 Å². The van der Waals surface area contributed by atoms with Crippen LogP contribution in [0.3, 0.4) is 0 Å². The molecule has 7 heteroatoms. The molecule has 0 bridgehead atoms. The van der Waals surface area contributed by atoms with Crippen LogP contribution >= 0.6 is 23.2 Å². The van der Waals surface area contributed by atoms with Gasteiger partial charge in [-0.05, 0) is 36.5 Å². The maximum atomic E-state index is 9.38. The SMILES string of the molecule is CC1CC(C)CN(c2oc(COc3ccc(Cl)cc3Cl)nc2C#N)C1. The Labute approximate surface area is 157 Å². The molecule has 1 saturated heterocycles. The summed E-state index contributed by atoms with van der Waals surface area (Å²) in [4.78, 5) is 6.35. The summed E-state index contributed by atoms with van der Waals surface area (Å²) >= 11 is 12.0. The Morgan fingerprint density at radius 3 is 2.68 bits per heavy atom. The third-order valence-corrected chi connectivity index (χ3v) is 4.69. The van der Waals surface area contributed by atoms with Crippen LogP contribution in [0.5, 0.6) is 5.75 Å². The molecule has 0 saturated carbocycles. The summed E-state index contributed by atoms with van der Waals surface area (Å²) in [6.45, 7) is 6.22. The highest BCUT2D eigenvalue weighted by Gasteiger charge is 2.27. The average Bonchev–Trinajstić information content (AvgIpc) is 2.96. The number of halogens is 2. The second-order valence-corrected chi connectivity index (χ2v) is 7.43. The van der Waals surface area contributed by atoms with Gasteiger partial charge in [0.2, 0.25) is 17.5 Å². The zero-order valence-corrected chi connectivity index (χ0v) is 15.6. The summed E-state index contributed by atoms with van der Waals surface area (Å²) in [5, 5.41) is 10.3. The molecule has 1 aliphatic rings. The van der Waals surface area contributed by atoms with Gasteiger partial charge in [-0.3, -0.25) is 0 Å². The molecule has 0 spiro atoms. The summed E-state index contributed by atoms with van der Waals surface area (Å²) in [5.74, 6) is 2.47. The molecular weight excluding hydrogens is 361 g/mol. The van der Waals surface area contributed by atoms with Crippen LogP contribution in [-0.2, 0) is 6.61 Å². The van der Waals surface area contributed by atoms with E-state index in [0.29, 0.717) is 45.1 Å². The van der Waals surface area contributed by atoms with Crippen molar-refractivity contribution in [3.8, 4) is 11.8 Å². The standard InChI is InChI=1S/C18H19Cl2N3O2/c1-11-5-12(2)9-23(8-11)18-15(7-21)22-17(25-18)10-24-16-4-3-13(19)6-14(16)20/h3-4,6,11-12H,5,8-10H2,1-2H3. The Morgan fingerprint density at radius 1 is 1.32 bits per heavy atom. The van der Waals surface area contributed by atoms with Crippen molar-refractivity contribution in [1.29, 1.82) is 5.26 Å². The lowest BCUT2D eigenvalue weighted by molar-refractivity contribution is 0.261. The van der Waals surface area contributed by atoms with Crippen molar-refractivity contribution in [2.45, 2.75) is 26.9 Å². The average molecular weight is 380 g/mol. The number of hydrogen-bond acceptors (Lipinski definition) is 5. The van der Waals surface area contributed by atoms with Crippen LogP contribution in [0.15, 0.2) is 22.6 Å². The number of aromatic nitrogens is 1. The normalized spacial score (nSPS) is 20.4. The van der Waals surface area contributed by atoms with Gasteiger partial charge in [0.05, 0.1) is 5.02 Å². The summed E-state index contributed by atoms with van der Waals surface area (Å²) in [6.07, 6.45) is 1.18. The largest absolute Gasteiger partial charge is 0.482 e. The van der Waals surface area contributed by atoms with Crippen LogP contribution in [-0.4, -0.2) is 18.1 Å². The molecule has 3 rings (SSSR count). The second-order valence-electron chi connectivity index (χ2n) is 6.59. The third-order valence-electron chi connectivity index (χ3n) is 4.16. The Hall–Kier alpha value is -1.90. The lowest BCUT2D eigenvalue weighted by atomic mass is 9.92. The zero-order chi connectivity index (χ0) is 18.0. The lowest BCUT2D eigenvalue weighted by Crippen LogP contribution is -2.38. The summed E-state index contributed by atoms with van der Waals surface area (Å²) in [5.41, 5.74) is 0.294. The Bertz CT molecular complexity index is 790. The van der Waals surface area contributed by atoms with Crippen LogP contribution in [0, 0.1) is 23.2 Å². The van der Waals surface area contributed by atoms with Gasteiger partial charge in [-0.25, -0.2) is 0 Å². The first-order valence-corrected chi connectivity index (χ1v) is 8.94. The van der Waals surface area contributed by atoms with Gasteiger partial charge in [0.15, 0.2) is 6.61 Å². The van der Waals surface area contributed by atoms with Crippen molar-refractivity contribution < 1.29 is 9.15 Å². The Kier molecular flexibility index (Phi) is 5.41. The molecule has 1 aromatic carbocycles. The smallest absolute Gasteiger partial charge is 0.236 e. The fourth-order valence-corrected chi connectivity index (χ4v) is 3.73. The Morgan fingerprint density at radius 2 is 2.04 bits per heavy atom. The number of benzene rings is 1. The van der Waals surface area contributed by atoms with Crippen LogP contribution < -0.4 is 9.64 Å². The van der Waals surface area contributed by atoms with Crippen LogP contribution in [0.2, 0.25) is 10.0 Å². The minimum absolute atomic E-state index is 0.0922. The van der Waals surface area contributed by atoms with E-state index in [2.05, 4.69) is 29.8 Å². The summed E-state index contributed by atoms with van der Waals surface area (Å²) in [6, 6.07) is 7.11. The van der Waals surface area contributed by atoms with Gasteiger partial charge in [-0.1, -0.05) is 37.0 Å². The van der Waals surface area contributed by atoms with Gasteiger partial charge >= 0.3 is 0 Å². The highest BCUT2D eigenvalue weighted by atomic mass is 35.5.